The highest BCUT2D eigenvalue weighted by atomic mass is 16.5. The summed E-state index contributed by atoms with van der Waals surface area (Å²) in [4.78, 5) is 5.02. The van der Waals surface area contributed by atoms with E-state index in [4.69, 9.17) is 4.74 Å². The van der Waals surface area contributed by atoms with Gasteiger partial charge in [0.25, 0.3) is 0 Å². The zero-order valence-corrected chi connectivity index (χ0v) is 13.6. The van der Waals surface area contributed by atoms with Gasteiger partial charge in [-0.3, -0.25) is 0 Å². The summed E-state index contributed by atoms with van der Waals surface area (Å²) in [7, 11) is 2.20. The molecular weight excluding hydrogens is 250 g/mol. The van der Waals surface area contributed by atoms with E-state index in [2.05, 4.69) is 36.0 Å². The molecule has 2 aliphatic rings. The molecule has 0 saturated carbocycles. The van der Waals surface area contributed by atoms with Gasteiger partial charge in [-0.2, -0.15) is 0 Å². The van der Waals surface area contributed by atoms with Crippen molar-refractivity contribution in [2.45, 2.75) is 45.3 Å². The quantitative estimate of drug-likeness (QED) is 0.798. The normalized spacial score (nSPS) is 31.4. The molecule has 2 fully saturated rings. The second-order valence-electron chi connectivity index (χ2n) is 6.66. The van der Waals surface area contributed by atoms with Crippen LogP contribution >= 0.6 is 0 Å². The van der Waals surface area contributed by atoms with Crippen molar-refractivity contribution in [3.8, 4) is 0 Å². The topological polar surface area (TPSA) is 27.7 Å². The van der Waals surface area contributed by atoms with Crippen molar-refractivity contribution in [3.63, 3.8) is 0 Å². The van der Waals surface area contributed by atoms with Crippen LogP contribution in [0.4, 0.5) is 0 Å². The maximum Gasteiger partial charge on any atom is 0.0829 e. The van der Waals surface area contributed by atoms with Gasteiger partial charge in [-0.05, 0) is 52.2 Å². The van der Waals surface area contributed by atoms with Crippen LogP contribution in [0.3, 0.4) is 0 Å². The van der Waals surface area contributed by atoms with Crippen LogP contribution in [0.15, 0.2) is 0 Å². The van der Waals surface area contributed by atoms with Gasteiger partial charge < -0.3 is 19.9 Å². The molecule has 4 nitrogen and oxygen atoms in total. The Bertz CT molecular complexity index is 274. The summed E-state index contributed by atoms with van der Waals surface area (Å²) >= 11 is 0. The number of nitrogens with zero attached hydrogens (tertiary/aromatic N) is 2. The first-order valence-electron chi connectivity index (χ1n) is 8.45. The van der Waals surface area contributed by atoms with Crippen molar-refractivity contribution < 1.29 is 4.74 Å². The Hall–Kier alpha value is -0.160. The van der Waals surface area contributed by atoms with Gasteiger partial charge in [0.1, 0.15) is 0 Å². The lowest BCUT2D eigenvalue weighted by atomic mass is 9.91. The first-order chi connectivity index (χ1) is 9.69. The monoisotopic (exact) mass is 283 g/mol. The second-order valence-corrected chi connectivity index (χ2v) is 6.66. The molecule has 0 spiro atoms. The van der Waals surface area contributed by atoms with Crippen LogP contribution in [-0.4, -0.2) is 74.9 Å². The van der Waals surface area contributed by atoms with Gasteiger partial charge >= 0.3 is 0 Å². The van der Waals surface area contributed by atoms with Crippen molar-refractivity contribution in [2.24, 2.45) is 5.92 Å². The highest BCUT2D eigenvalue weighted by Crippen LogP contribution is 2.20. The first kappa shape index (κ1) is 16.2. The average Bonchev–Trinajstić information content (AvgIpc) is 2.45. The number of rotatable bonds is 6. The van der Waals surface area contributed by atoms with Gasteiger partial charge in [0, 0.05) is 32.2 Å². The molecule has 4 heteroatoms. The highest BCUT2D eigenvalue weighted by Gasteiger charge is 2.27. The SMILES string of the molecule is CCCNC(C)C1CCCN(CC2CN(C)CCO2)C1. The van der Waals surface area contributed by atoms with E-state index in [9.17, 15) is 0 Å². The van der Waals surface area contributed by atoms with Crippen LogP contribution in [-0.2, 0) is 4.74 Å². The number of ether oxygens (including phenoxy) is 1. The maximum atomic E-state index is 5.91. The molecule has 3 atom stereocenters. The van der Waals surface area contributed by atoms with Crippen LogP contribution in [0.1, 0.15) is 33.1 Å². The third-order valence-electron chi connectivity index (χ3n) is 4.77. The summed E-state index contributed by atoms with van der Waals surface area (Å²) < 4.78 is 5.91. The molecule has 118 valence electrons. The molecule has 2 saturated heterocycles. The summed E-state index contributed by atoms with van der Waals surface area (Å²) in [6.45, 7) is 12.4. The molecule has 20 heavy (non-hydrogen) atoms. The molecule has 0 aromatic rings. The minimum atomic E-state index is 0.409. The molecule has 2 rings (SSSR count). The van der Waals surface area contributed by atoms with E-state index < -0.39 is 0 Å². The largest absolute Gasteiger partial charge is 0.374 e. The Kier molecular flexibility index (Phi) is 6.75. The Morgan fingerprint density at radius 2 is 2.15 bits per heavy atom. The van der Waals surface area contributed by atoms with Crippen LogP contribution in [0.2, 0.25) is 0 Å². The summed E-state index contributed by atoms with van der Waals surface area (Å²) in [5, 5.41) is 3.67. The molecule has 0 aromatic heterocycles. The van der Waals surface area contributed by atoms with Crippen molar-refractivity contribution in [2.75, 3.05) is 52.9 Å². The van der Waals surface area contributed by atoms with E-state index in [1.807, 2.05) is 0 Å². The number of nitrogens with one attached hydrogen (secondary N) is 1. The zero-order chi connectivity index (χ0) is 14.4. The molecule has 1 N–H and O–H groups in total. The van der Waals surface area contributed by atoms with Gasteiger partial charge in [-0.1, -0.05) is 6.92 Å². The van der Waals surface area contributed by atoms with Gasteiger partial charge in [0.05, 0.1) is 12.7 Å². The molecule has 0 radical (unpaired) electrons. The summed E-state index contributed by atoms with van der Waals surface area (Å²) in [5.41, 5.74) is 0. The number of morpholine rings is 1. The Balaban J connectivity index is 1.75. The zero-order valence-electron chi connectivity index (χ0n) is 13.6. The van der Waals surface area contributed by atoms with Crippen LogP contribution < -0.4 is 5.32 Å². The minimum Gasteiger partial charge on any atom is -0.374 e. The van der Waals surface area contributed by atoms with E-state index in [0.717, 1.165) is 38.7 Å². The van der Waals surface area contributed by atoms with Gasteiger partial charge in [0.15, 0.2) is 0 Å². The smallest absolute Gasteiger partial charge is 0.0829 e. The first-order valence-corrected chi connectivity index (χ1v) is 8.45. The minimum absolute atomic E-state index is 0.409. The molecule has 3 unspecified atom stereocenters. The lowest BCUT2D eigenvalue weighted by Crippen LogP contribution is -2.50. The predicted molar refractivity (Wildman–Crippen MR) is 84.2 cm³/mol. The van der Waals surface area contributed by atoms with E-state index in [1.54, 1.807) is 0 Å². The van der Waals surface area contributed by atoms with E-state index in [0.29, 0.717) is 12.1 Å². The van der Waals surface area contributed by atoms with E-state index >= 15 is 0 Å². The second kappa shape index (κ2) is 8.32. The molecule has 0 amide bonds. The summed E-state index contributed by atoms with van der Waals surface area (Å²) in [6, 6.07) is 0.646. The van der Waals surface area contributed by atoms with Crippen molar-refractivity contribution in [1.82, 2.24) is 15.1 Å². The third kappa shape index (κ3) is 4.99. The summed E-state index contributed by atoms with van der Waals surface area (Å²) in [6.07, 6.45) is 4.35. The number of likely N-dealkylation sites (tertiary alicyclic amines) is 1. The molecule has 0 bridgehead atoms. The molecule has 2 aliphatic heterocycles. The Morgan fingerprint density at radius 1 is 1.30 bits per heavy atom. The van der Waals surface area contributed by atoms with E-state index in [1.165, 1.54) is 32.4 Å². The molecular formula is C16H33N3O. The number of hydrogen-bond acceptors (Lipinski definition) is 4. The average molecular weight is 283 g/mol. The summed E-state index contributed by atoms with van der Waals surface area (Å²) in [5.74, 6) is 0.802. The Morgan fingerprint density at radius 3 is 2.90 bits per heavy atom. The van der Waals surface area contributed by atoms with Crippen LogP contribution in [0.5, 0.6) is 0 Å². The molecule has 0 aliphatic carbocycles. The number of piperidine rings is 1. The van der Waals surface area contributed by atoms with Crippen molar-refractivity contribution in [1.29, 1.82) is 0 Å². The predicted octanol–water partition coefficient (Wildman–Crippen LogP) is 1.42. The van der Waals surface area contributed by atoms with E-state index in [-0.39, 0.29) is 0 Å². The van der Waals surface area contributed by atoms with Gasteiger partial charge in [0.2, 0.25) is 0 Å². The lowest BCUT2D eigenvalue weighted by molar-refractivity contribution is -0.0412. The van der Waals surface area contributed by atoms with Gasteiger partial charge in [-0.15, -0.1) is 0 Å². The standard InChI is InChI=1S/C16H33N3O/c1-4-7-17-14(2)15-6-5-8-19(11-15)13-16-12-18(3)9-10-20-16/h14-17H,4-13H2,1-3H3. The van der Waals surface area contributed by atoms with Crippen LogP contribution in [0, 0.1) is 5.92 Å². The molecule has 0 aromatic carbocycles. The number of likely N-dealkylation sites (N-methyl/N-ethyl adjacent to an activating group) is 1. The fourth-order valence-corrected chi connectivity index (χ4v) is 3.47. The Labute approximate surface area is 124 Å². The van der Waals surface area contributed by atoms with Crippen LogP contribution in [0.25, 0.3) is 0 Å². The third-order valence-corrected chi connectivity index (χ3v) is 4.77. The van der Waals surface area contributed by atoms with Gasteiger partial charge in [-0.25, -0.2) is 0 Å². The number of hydrogen-bond donors (Lipinski definition) is 1. The van der Waals surface area contributed by atoms with Crippen molar-refractivity contribution >= 4 is 0 Å². The highest BCUT2D eigenvalue weighted by molar-refractivity contribution is 4.82. The molecule has 2 heterocycles. The fourth-order valence-electron chi connectivity index (χ4n) is 3.47. The lowest BCUT2D eigenvalue weighted by Gasteiger charge is -2.39. The fraction of sp³-hybridized carbons (Fsp3) is 1.00. The van der Waals surface area contributed by atoms with Crippen molar-refractivity contribution in [3.05, 3.63) is 0 Å². The maximum absolute atomic E-state index is 5.91.